The summed E-state index contributed by atoms with van der Waals surface area (Å²) in [6.45, 7) is 11.2. The number of carbonyl (C=O) groups is 3. The Morgan fingerprint density at radius 1 is 0.648 bits per heavy atom. The van der Waals surface area contributed by atoms with Crippen molar-refractivity contribution >= 4 is 40.3 Å². The minimum atomic E-state index is -0.679. The highest BCUT2D eigenvalue weighted by atomic mass is 127. The number of carbonyl (C=O) groups excluding carboxylic acids is 3. The molecule has 2 aliphatic carbocycles. The van der Waals surface area contributed by atoms with Crippen LogP contribution < -0.4 is 0 Å². The number of benzene rings is 6. The van der Waals surface area contributed by atoms with E-state index in [0.717, 1.165) is 68.2 Å². The van der Waals surface area contributed by atoms with E-state index in [2.05, 4.69) is 29.2 Å². The molecule has 0 spiro atoms. The normalized spacial score (nSPS) is 15.0. The van der Waals surface area contributed by atoms with E-state index >= 15 is 0 Å². The number of rotatable bonds is 16. The van der Waals surface area contributed by atoms with E-state index in [-0.39, 0.29) is 70.9 Å². The molecule has 8 rings (SSSR count). The molecular formula is C60H63F2IO8. The number of ether oxygens (including phenoxy) is 2. The van der Waals surface area contributed by atoms with Crippen LogP contribution in [-0.2, 0) is 25.5 Å². The van der Waals surface area contributed by atoms with Crippen LogP contribution in [0, 0.1) is 52.7 Å². The quantitative estimate of drug-likeness (QED) is 0.0378. The molecule has 2 fully saturated rings. The lowest BCUT2D eigenvalue weighted by Gasteiger charge is -2.23. The van der Waals surface area contributed by atoms with Gasteiger partial charge in [-0.25, -0.2) is 8.78 Å². The van der Waals surface area contributed by atoms with Crippen molar-refractivity contribution in [3.8, 4) is 33.8 Å². The number of aryl methyl sites for hydroxylation is 3. The van der Waals surface area contributed by atoms with Crippen molar-refractivity contribution in [1.82, 2.24) is 0 Å². The standard InChI is InChI=1S/C30H31FO4.C16H15FO.C14H17IO3/c1-18-4-14-26(31)25(16-18)20-5-7-21(8-6-20)27(32)15-13-22-9-12-24(17-28(22)33)29(23-10-11-23)19(2)30(34)35-3;1-3-16(18)13-7-5-12(6-8-13)14-10-11(2)4-9-15(14)17;1-8(14(17)18-2)13(9-3-4-9)10-5-6-11(15)12(16)7-10/h4-9,12,14,16-17,19,23,29,33H,10-11,13,15H2,1-3H3;3-10,16,18H,1H2,2H3;5-9,13,16H,3-4H2,1-2H3/t19-,29-;;8-,13-/m0.0/s1. The Labute approximate surface area is 429 Å². The average molecular weight is 1080 g/mol. The van der Waals surface area contributed by atoms with Crippen molar-refractivity contribution in [1.29, 1.82) is 0 Å². The zero-order valence-electron chi connectivity index (χ0n) is 41.1. The highest BCUT2D eigenvalue weighted by molar-refractivity contribution is 14.1. The number of aliphatic hydroxyl groups excluding tert-OH is 1. The molecule has 0 heterocycles. The fraction of sp³-hybridized carbons (Fsp3) is 0.317. The number of phenolic OH excluding ortho intramolecular Hbond substituents is 2. The van der Waals surface area contributed by atoms with Crippen molar-refractivity contribution in [3.05, 3.63) is 188 Å². The van der Waals surface area contributed by atoms with Gasteiger partial charge in [-0.3, -0.25) is 14.4 Å². The lowest BCUT2D eigenvalue weighted by molar-refractivity contribution is -0.146. The van der Waals surface area contributed by atoms with E-state index in [1.54, 1.807) is 78.9 Å². The second kappa shape index (κ2) is 24.8. The molecule has 0 aliphatic heterocycles. The van der Waals surface area contributed by atoms with Crippen LogP contribution in [-0.4, -0.2) is 47.3 Å². The first-order valence-corrected chi connectivity index (χ1v) is 25.0. The van der Waals surface area contributed by atoms with Crippen molar-refractivity contribution in [2.45, 2.75) is 84.2 Å². The molecular weight excluding hydrogens is 1010 g/mol. The Bertz CT molecular complexity index is 2820. The first-order chi connectivity index (χ1) is 33.9. The van der Waals surface area contributed by atoms with Gasteiger partial charge < -0.3 is 24.8 Å². The largest absolute Gasteiger partial charge is 0.508 e. The van der Waals surface area contributed by atoms with Gasteiger partial charge in [0.2, 0.25) is 0 Å². The maximum Gasteiger partial charge on any atom is 0.309 e. The average Bonchev–Trinajstić information content (AvgIpc) is 4.34. The summed E-state index contributed by atoms with van der Waals surface area (Å²) in [6, 6.07) is 35.3. The third-order valence-corrected chi connectivity index (χ3v) is 14.4. The van der Waals surface area contributed by atoms with Gasteiger partial charge in [0.15, 0.2) is 5.78 Å². The fourth-order valence-corrected chi connectivity index (χ4v) is 9.53. The van der Waals surface area contributed by atoms with E-state index in [9.17, 15) is 38.5 Å². The van der Waals surface area contributed by atoms with Crippen LogP contribution in [0.4, 0.5) is 8.78 Å². The molecule has 2 aliphatic rings. The summed E-state index contributed by atoms with van der Waals surface area (Å²) >= 11 is 2.09. The summed E-state index contributed by atoms with van der Waals surface area (Å²) in [7, 11) is 2.82. The molecule has 3 N–H and O–H groups in total. The Morgan fingerprint density at radius 2 is 1.08 bits per heavy atom. The Hall–Kier alpha value is -6.18. The SMILES string of the molecule is C=CC(O)c1ccc(-c2cc(C)ccc2F)cc1.COC(=O)[C@@H](C)[C@H](c1ccc(CCC(=O)c2ccc(-c3cc(C)ccc3F)cc2)c(O)c1)C1CC1.COC(=O)[C@@H](C)[C@H](c1ccc(I)c(O)c1)C1CC1. The first kappa shape index (κ1) is 54.2. The highest BCUT2D eigenvalue weighted by Crippen LogP contribution is 2.49. The molecule has 0 saturated heterocycles. The van der Waals surface area contributed by atoms with E-state index in [1.165, 1.54) is 32.4 Å². The van der Waals surface area contributed by atoms with Gasteiger partial charge in [0.25, 0.3) is 0 Å². The van der Waals surface area contributed by atoms with Gasteiger partial charge in [-0.1, -0.05) is 110 Å². The summed E-state index contributed by atoms with van der Waals surface area (Å²) in [6.07, 6.45) is 5.87. The number of phenols is 2. The molecule has 0 bridgehead atoms. The molecule has 6 aromatic rings. The third kappa shape index (κ3) is 14.3. The second-order valence-corrected chi connectivity index (χ2v) is 19.9. The zero-order valence-corrected chi connectivity index (χ0v) is 43.3. The van der Waals surface area contributed by atoms with Gasteiger partial charge in [0, 0.05) is 23.1 Å². The van der Waals surface area contributed by atoms with Crippen molar-refractivity contribution < 1.29 is 48.0 Å². The topological polar surface area (TPSA) is 130 Å². The number of aromatic hydroxyl groups is 2. The van der Waals surface area contributed by atoms with Gasteiger partial charge >= 0.3 is 11.9 Å². The smallest absolute Gasteiger partial charge is 0.309 e. The number of aliphatic hydroxyl groups is 1. The Balaban J connectivity index is 0.000000192. The molecule has 5 atom stereocenters. The summed E-state index contributed by atoms with van der Waals surface area (Å²) in [5.41, 5.74) is 8.57. The van der Waals surface area contributed by atoms with Crippen LogP contribution in [0.3, 0.4) is 0 Å². The summed E-state index contributed by atoms with van der Waals surface area (Å²) in [4.78, 5) is 36.6. The lowest BCUT2D eigenvalue weighted by Crippen LogP contribution is -2.22. The van der Waals surface area contributed by atoms with Gasteiger partial charge in [-0.15, -0.1) is 6.58 Å². The number of methoxy groups -OCH3 is 2. The maximum atomic E-state index is 14.2. The van der Waals surface area contributed by atoms with E-state index in [4.69, 9.17) is 9.47 Å². The molecule has 1 unspecified atom stereocenters. The molecule has 0 amide bonds. The molecule has 372 valence electrons. The molecule has 2 saturated carbocycles. The molecule has 11 heteroatoms. The summed E-state index contributed by atoms with van der Waals surface area (Å²) < 4.78 is 38.5. The van der Waals surface area contributed by atoms with Gasteiger partial charge in [-0.05, 0) is 168 Å². The highest BCUT2D eigenvalue weighted by Gasteiger charge is 2.40. The molecule has 0 radical (unpaired) electrons. The monoisotopic (exact) mass is 1080 g/mol. The third-order valence-electron chi connectivity index (χ3n) is 13.5. The molecule has 0 aromatic heterocycles. The van der Waals surface area contributed by atoms with Crippen molar-refractivity contribution in [3.63, 3.8) is 0 Å². The Kier molecular flexibility index (Phi) is 18.9. The number of ketones is 1. The van der Waals surface area contributed by atoms with Crippen molar-refractivity contribution in [2.24, 2.45) is 23.7 Å². The van der Waals surface area contributed by atoms with Gasteiger partial charge in [0.05, 0.1) is 35.7 Å². The van der Waals surface area contributed by atoms with Crippen LogP contribution in [0.25, 0.3) is 22.3 Å². The fourth-order valence-electron chi connectivity index (χ4n) is 9.20. The number of halogens is 3. The maximum absolute atomic E-state index is 14.2. The predicted octanol–water partition coefficient (Wildman–Crippen LogP) is 13.9. The number of esters is 2. The molecule has 71 heavy (non-hydrogen) atoms. The summed E-state index contributed by atoms with van der Waals surface area (Å²) in [5, 5.41) is 30.1. The zero-order chi connectivity index (χ0) is 51.5. The van der Waals surface area contributed by atoms with Crippen LogP contribution in [0.1, 0.15) is 108 Å². The van der Waals surface area contributed by atoms with Crippen LogP contribution >= 0.6 is 22.6 Å². The van der Waals surface area contributed by atoms with Gasteiger partial charge in [0.1, 0.15) is 23.1 Å². The number of hydrogen-bond donors (Lipinski definition) is 3. The summed E-state index contributed by atoms with van der Waals surface area (Å²) in [5.74, 6) is 0.122. The van der Waals surface area contributed by atoms with Crippen LogP contribution in [0.15, 0.2) is 134 Å². The van der Waals surface area contributed by atoms with Gasteiger partial charge in [-0.2, -0.15) is 0 Å². The predicted molar refractivity (Wildman–Crippen MR) is 283 cm³/mol. The minimum absolute atomic E-state index is 0.0146. The first-order valence-electron chi connectivity index (χ1n) is 24.0. The second-order valence-electron chi connectivity index (χ2n) is 18.7. The van der Waals surface area contributed by atoms with Crippen LogP contribution in [0.5, 0.6) is 11.5 Å². The minimum Gasteiger partial charge on any atom is -0.508 e. The van der Waals surface area contributed by atoms with E-state index in [1.807, 2.05) is 58.0 Å². The molecule has 8 nitrogen and oxygen atoms in total. The van der Waals surface area contributed by atoms with E-state index in [0.29, 0.717) is 40.5 Å². The Morgan fingerprint density at radius 3 is 1.51 bits per heavy atom. The van der Waals surface area contributed by atoms with E-state index < -0.39 is 6.10 Å². The number of Topliss-reactive ketones (excluding diaryl/α,β-unsaturated/α-hetero) is 1. The number of hydrogen-bond acceptors (Lipinski definition) is 8. The van der Waals surface area contributed by atoms with Crippen LogP contribution in [0.2, 0.25) is 0 Å². The van der Waals surface area contributed by atoms with Crippen molar-refractivity contribution in [2.75, 3.05) is 14.2 Å². The lowest BCUT2D eigenvalue weighted by atomic mass is 9.82. The molecule has 6 aromatic carbocycles.